The average Bonchev–Trinajstić information content (AvgIpc) is 3.61. The summed E-state index contributed by atoms with van der Waals surface area (Å²) in [5.41, 5.74) is 5.15. The number of pyridine rings is 1. The van der Waals surface area contributed by atoms with Gasteiger partial charge in [0, 0.05) is 39.5 Å². The first-order valence-electron chi connectivity index (χ1n) is 17.1. The average molecular weight is 753 g/mol. The maximum atomic E-state index is 14.2. The van der Waals surface area contributed by atoms with Gasteiger partial charge in [-0.15, -0.1) is 23.1 Å². The Morgan fingerprint density at radius 2 is 1.59 bits per heavy atom. The Hall–Kier alpha value is -6.30. The summed E-state index contributed by atoms with van der Waals surface area (Å²) >= 11 is 2.55. The quantitative estimate of drug-likeness (QED) is 0.0610. The molecule has 0 spiro atoms. The number of aryl methyl sites for hydroxylation is 1. The Bertz CT molecular complexity index is 2280. The van der Waals surface area contributed by atoms with Crippen molar-refractivity contribution in [3.8, 4) is 11.1 Å². The molecule has 0 radical (unpaired) electrons. The molecule has 270 valence electrons. The smallest absolute Gasteiger partial charge is 0.341 e. The molecule has 2 heterocycles. The number of nitrogens with one attached hydrogen (secondary N) is 3. The third kappa shape index (κ3) is 9.57. The minimum atomic E-state index is -0.733. The van der Waals surface area contributed by atoms with Crippen LogP contribution in [-0.2, 0) is 14.3 Å². The van der Waals surface area contributed by atoms with Gasteiger partial charge in [-0.3, -0.25) is 19.4 Å². The number of carbonyl (C=O) groups is 4. The van der Waals surface area contributed by atoms with Gasteiger partial charge in [0.1, 0.15) is 21.5 Å². The highest BCUT2D eigenvalue weighted by molar-refractivity contribution is 8.00. The predicted octanol–water partition coefficient (Wildman–Crippen LogP) is 9.18. The summed E-state index contributed by atoms with van der Waals surface area (Å²) in [6, 6.07) is 36.4. The molecule has 6 aromatic rings. The zero-order valence-electron chi connectivity index (χ0n) is 29.4. The Balaban J connectivity index is 1.25. The highest BCUT2D eigenvalue weighted by Gasteiger charge is 2.27. The van der Waals surface area contributed by atoms with Gasteiger partial charge in [0.05, 0.1) is 6.61 Å². The lowest BCUT2D eigenvalue weighted by Crippen LogP contribution is -2.30. The van der Waals surface area contributed by atoms with E-state index in [1.54, 1.807) is 86.1 Å². The summed E-state index contributed by atoms with van der Waals surface area (Å²) in [7, 11) is 0. The molecular weight excluding hydrogens is 717 g/mol. The summed E-state index contributed by atoms with van der Waals surface area (Å²) in [5, 5.41) is 10.2. The van der Waals surface area contributed by atoms with Gasteiger partial charge in [0.2, 0.25) is 5.91 Å². The van der Waals surface area contributed by atoms with Crippen LogP contribution in [0.3, 0.4) is 0 Å². The number of esters is 1. The van der Waals surface area contributed by atoms with E-state index in [1.165, 1.54) is 23.1 Å². The molecule has 1 unspecified atom stereocenters. The minimum Gasteiger partial charge on any atom is -0.462 e. The zero-order chi connectivity index (χ0) is 37.9. The molecule has 0 saturated heterocycles. The third-order valence-electron chi connectivity index (χ3n) is 8.08. The van der Waals surface area contributed by atoms with Gasteiger partial charge in [-0.05, 0) is 73.0 Å². The first kappa shape index (κ1) is 37.5. The fourth-order valence-corrected chi connectivity index (χ4v) is 7.48. The molecule has 1 atom stereocenters. The number of nitrogens with zero attached hydrogens (tertiary/aromatic N) is 1. The first-order valence-corrected chi connectivity index (χ1v) is 18.8. The topological polar surface area (TPSA) is 126 Å². The normalized spacial score (nSPS) is 11.6. The maximum absolute atomic E-state index is 14.2. The number of anilines is 2. The van der Waals surface area contributed by atoms with Crippen molar-refractivity contribution in [2.75, 3.05) is 17.2 Å². The number of ether oxygens (including phenoxy) is 1. The van der Waals surface area contributed by atoms with Gasteiger partial charge in [-0.25, -0.2) is 4.79 Å². The number of aromatic nitrogens is 1. The van der Waals surface area contributed by atoms with E-state index in [1.807, 2.05) is 73.0 Å². The van der Waals surface area contributed by atoms with Crippen LogP contribution >= 0.6 is 23.1 Å². The summed E-state index contributed by atoms with van der Waals surface area (Å²) in [5.74, 6) is -1.84. The number of hydrogen-bond acceptors (Lipinski definition) is 8. The van der Waals surface area contributed by atoms with E-state index in [0.717, 1.165) is 16.7 Å². The van der Waals surface area contributed by atoms with Crippen LogP contribution in [-0.4, -0.2) is 35.3 Å². The second-order valence-electron chi connectivity index (χ2n) is 12.0. The van der Waals surface area contributed by atoms with E-state index in [9.17, 15) is 19.2 Å². The molecular formula is C43H36N4O5S2. The molecule has 0 fully saturated rings. The number of hydrogen-bond donors (Lipinski definition) is 3. The van der Waals surface area contributed by atoms with Gasteiger partial charge in [0.15, 0.2) is 0 Å². The number of carbonyl (C=O) groups excluding carboxylic acids is 4. The Morgan fingerprint density at radius 1 is 0.852 bits per heavy atom. The van der Waals surface area contributed by atoms with Crippen LogP contribution in [0.15, 0.2) is 150 Å². The second kappa shape index (κ2) is 18.0. The number of amides is 3. The van der Waals surface area contributed by atoms with Crippen molar-refractivity contribution in [1.82, 2.24) is 10.3 Å². The van der Waals surface area contributed by atoms with Gasteiger partial charge >= 0.3 is 5.97 Å². The van der Waals surface area contributed by atoms with Crippen molar-refractivity contribution in [3.63, 3.8) is 0 Å². The van der Waals surface area contributed by atoms with Crippen LogP contribution in [0.5, 0.6) is 0 Å². The number of benzene rings is 4. The Morgan fingerprint density at radius 3 is 2.30 bits per heavy atom. The van der Waals surface area contributed by atoms with Crippen molar-refractivity contribution >= 4 is 63.6 Å². The number of rotatable bonds is 13. The Kier molecular flexibility index (Phi) is 12.5. The van der Waals surface area contributed by atoms with E-state index >= 15 is 0 Å². The molecule has 11 heteroatoms. The third-order valence-corrected chi connectivity index (χ3v) is 10.2. The molecule has 54 heavy (non-hydrogen) atoms. The summed E-state index contributed by atoms with van der Waals surface area (Å²) in [6.07, 6.45) is 4.76. The van der Waals surface area contributed by atoms with Crippen molar-refractivity contribution in [1.29, 1.82) is 0 Å². The van der Waals surface area contributed by atoms with Crippen molar-refractivity contribution < 1.29 is 23.9 Å². The lowest BCUT2D eigenvalue weighted by atomic mass is 10.0. The fourth-order valence-electron chi connectivity index (χ4n) is 5.43. The molecule has 3 N–H and O–H groups in total. The first-order chi connectivity index (χ1) is 26.3. The largest absolute Gasteiger partial charge is 0.462 e. The molecule has 3 amide bonds. The lowest BCUT2D eigenvalue weighted by Gasteiger charge is -2.18. The predicted molar refractivity (Wildman–Crippen MR) is 215 cm³/mol. The molecule has 0 aliphatic carbocycles. The SMILES string of the molecule is CCOC(=O)c1c(-c2ccc(C)cc2)csc1NC(=O)C(Sc1cccc(NC(=O)/C(=C/c2cccnc2)NC(=O)c2ccccc2)c1)c1ccccc1. The summed E-state index contributed by atoms with van der Waals surface area (Å²) in [6.45, 7) is 3.92. The number of thiophene rings is 1. The van der Waals surface area contributed by atoms with Crippen LogP contribution in [0.1, 0.15) is 49.6 Å². The highest BCUT2D eigenvalue weighted by Crippen LogP contribution is 2.40. The molecule has 0 saturated carbocycles. The molecule has 6 rings (SSSR count). The molecule has 0 aliphatic rings. The standard InChI is InChI=1S/C43H36N4O5S2/c1-3-52-43(51)37-35(30-21-19-28(2)20-22-30)27-53-42(37)47-41(50)38(31-13-6-4-7-14-31)54-34-18-10-17-33(25-34)45-40(49)36(24-29-12-11-23-44-26-29)46-39(48)32-15-8-5-9-16-32/h4-27,38H,3H2,1-2H3,(H,45,49)(H,46,48)(H,47,50)/b36-24-. The van der Waals surface area contributed by atoms with Gasteiger partial charge in [-0.1, -0.05) is 90.5 Å². The monoisotopic (exact) mass is 752 g/mol. The van der Waals surface area contributed by atoms with E-state index in [0.29, 0.717) is 37.8 Å². The number of thioether (sulfide) groups is 1. The van der Waals surface area contributed by atoms with E-state index < -0.39 is 23.0 Å². The summed E-state index contributed by atoms with van der Waals surface area (Å²) < 4.78 is 5.42. The van der Waals surface area contributed by atoms with Crippen LogP contribution in [0.2, 0.25) is 0 Å². The second-order valence-corrected chi connectivity index (χ2v) is 14.0. The maximum Gasteiger partial charge on any atom is 0.341 e. The van der Waals surface area contributed by atoms with Crippen LogP contribution < -0.4 is 16.0 Å². The summed E-state index contributed by atoms with van der Waals surface area (Å²) in [4.78, 5) is 59.0. The van der Waals surface area contributed by atoms with Crippen molar-refractivity contribution in [3.05, 3.63) is 173 Å². The highest BCUT2D eigenvalue weighted by atomic mass is 32.2. The van der Waals surface area contributed by atoms with Crippen LogP contribution in [0.4, 0.5) is 10.7 Å². The van der Waals surface area contributed by atoms with E-state index in [2.05, 4.69) is 20.9 Å². The van der Waals surface area contributed by atoms with Crippen LogP contribution in [0, 0.1) is 6.92 Å². The zero-order valence-corrected chi connectivity index (χ0v) is 31.1. The minimum absolute atomic E-state index is 0.0230. The van der Waals surface area contributed by atoms with Crippen molar-refractivity contribution in [2.24, 2.45) is 0 Å². The van der Waals surface area contributed by atoms with Crippen LogP contribution in [0.25, 0.3) is 17.2 Å². The molecule has 9 nitrogen and oxygen atoms in total. The molecule has 0 bridgehead atoms. The van der Waals surface area contributed by atoms with E-state index in [-0.39, 0.29) is 18.2 Å². The van der Waals surface area contributed by atoms with Gasteiger partial charge < -0.3 is 20.7 Å². The Labute approximate surface area is 321 Å². The van der Waals surface area contributed by atoms with E-state index in [4.69, 9.17) is 4.74 Å². The van der Waals surface area contributed by atoms with Gasteiger partial charge in [-0.2, -0.15) is 0 Å². The lowest BCUT2D eigenvalue weighted by molar-refractivity contribution is -0.116. The molecule has 4 aromatic carbocycles. The molecule has 0 aliphatic heterocycles. The van der Waals surface area contributed by atoms with Crippen molar-refractivity contribution in [2.45, 2.75) is 24.0 Å². The van der Waals surface area contributed by atoms with Gasteiger partial charge in [0.25, 0.3) is 11.8 Å². The fraction of sp³-hybridized carbons (Fsp3) is 0.0930. The molecule has 2 aromatic heterocycles.